The molecule has 0 aromatic carbocycles. The molecule has 2 amide bonds. The van der Waals surface area contributed by atoms with Gasteiger partial charge in [-0.3, -0.25) is 9.59 Å². The van der Waals surface area contributed by atoms with Gasteiger partial charge in [0.25, 0.3) is 5.91 Å². The zero-order valence-corrected chi connectivity index (χ0v) is 15.6. The van der Waals surface area contributed by atoms with Gasteiger partial charge in [-0.1, -0.05) is 13.8 Å². The second-order valence-electron chi connectivity index (χ2n) is 8.09. The molecule has 0 bridgehead atoms. The average Bonchev–Trinajstić information content (AvgIpc) is 3.01. The molecule has 0 saturated carbocycles. The van der Waals surface area contributed by atoms with E-state index in [0.717, 1.165) is 45.3 Å². The van der Waals surface area contributed by atoms with Crippen molar-refractivity contribution < 1.29 is 14.0 Å². The molecule has 25 heavy (non-hydrogen) atoms. The van der Waals surface area contributed by atoms with Crippen LogP contribution in [0.4, 0.5) is 0 Å². The third-order valence-corrected chi connectivity index (χ3v) is 5.62. The molecule has 6 heteroatoms. The molecule has 1 unspecified atom stereocenters. The number of piperidine rings is 2. The molecule has 6 nitrogen and oxygen atoms in total. The van der Waals surface area contributed by atoms with Gasteiger partial charge in [-0.25, -0.2) is 4.98 Å². The van der Waals surface area contributed by atoms with Gasteiger partial charge in [0, 0.05) is 38.0 Å². The first kappa shape index (κ1) is 18.0. The highest BCUT2D eigenvalue weighted by Gasteiger charge is 2.43. The molecule has 3 heterocycles. The summed E-state index contributed by atoms with van der Waals surface area (Å²) in [5.74, 6) is 1.38. The molecule has 138 valence electrons. The SMILES string of the molecule is Cc1ocnc1C(=O)N1CCCC2(CCC(=O)N(CCC(C)C)C2)C1. The van der Waals surface area contributed by atoms with E-state index >= 15 is 0 Å². The molecule has 0 radical (unpaired) electrons. The predicted octanol–water partition coefficient (Wildman–Crippen LogP) is 2.87. The Morgan fingerprint density at radius 1 is 1.36 bits per heavy atom. The fraction of sp³-hybridized carbons (Fsp3) is 0.737. The van der Waals surface area contributed by atoms with Crippen molar-refractivity contribution in [2.45, 2.75) is 52.9 Å². The Balaban J connectivity index is 1.70. The van der Waals surface area contributed by atoms with Gasteiger partial charge in [0.2, 0.25) is 5.91 Å². The quantitative estimate of drug-likeness (QED) is 0.840. The Morgan fingerprint density at radius 2 is 2.16 bits per heavy atom. The van der Waals surface area contributed by atoms with Crippen LogP contribution < -0.4 is 0 Å². The third kappa shape index (κ3) is 3.88. The van der Waals surface area contributed by atoms with Crippen molar-refractivity contribution >= 4 is 11.8 Å². The number of hydrogen-bond donors (Lipinski definition) is 0. The highest BCUT2D eigenvalue weighted by atomic mass is 16.3. The molecule has 3 rings (SSSR count). The van der Waals surface area contributed by atoms with E-state index in [0.29, 0.717) is 30.3 Å². The first-order valence-corrected chi connectivity index (χ1v) is 9.37. The van der Waals surface area contributed by atoms with Crippen molar-refractivity contribution in [3.05, 3.63) is 17.8 Å². The van der Waals surface area contributed by atoms with Crippen LogP contribution in [-0.4, -0.2) is 52.8 Å². The second-order valence-corrected chi connectivity index (χ2v) is 8.09. The summed E-state index contributed by atoms with van der Waals surface area (Å²) in [5.41, 5.74) is 0.455. The lowest BCUT2D eigenvalue weighted by Gasteiger charge is -2.48. The Hall–Kier alpha value is -1.85. The zero-order valence-electron chi connectivity index (χ0n) is 15.6. The zero-order chi connectivity index (χ0) is 18.0. The topological polar surface area (TPSA) is 66.7 Å². The lowest BCUT2D eigenvalue weighted by Crippen LogP contribution is -2.55. The molecule has 1 atom stereocenters. The van der Waals surface area contributed by atoms with Crippen LogP contribution in [0.1, 0.15) is 62.2 Å². The monoisotopic (exact) mass is 347 g/mol. The number of likely N-dealkylation sites (tertiary alicyclic amines) is 2. The minimum Gasteiger partial charge on any atom is -0.448 e. The number of carbonyl (C=O) groups is 2. The Bertz CT molecular complexity index is 640. The number of nitrogens with zero attached hydrogens (tertiary/aromatic N) is 3. The maximum atomic E-state index is 12.8. The molecule has 2 saturated heterocycles. The number of hydrogen-bond acceptors (Lipinski definition) is 4. The molecule has 1 aromatic heterocycles. The van der Waals surface area contributed by atoms with E-state index in [1.54, 1.807) is 6.92 Å². The van der Waals surface area contributed by atoms with Gasteiger partial charge in [-0.15, -0.1) is 0 Å². The van der Waals surface area contributed by atoms with Crippen LogP contribution >= 0.6 is 0 Å². The van der Waals surface area contributed by atoms with Crippen LogP contribution in [0.2, 0.25) is 0 Å². The fourth-order valence-corrected chi connectivity index (χ4v) is 4.09. The lowest BCUT2D eigenvalue weighted by molar-refractivity contribution is -0.139. The van der Waals surface area contributed by atoms with Gasteiger partial charge in [-0.2, -0.15) is 0 Å². The second kappa shape index (κ2) is 7.18. The van der Waals surface area contributed by atoms with Crippen LogP contribution in [0, 0.1) is 18.3 Å². The summed E-state index contributed by atoms with van der Waals surface area (Å²) in [4.78, 5) is 33.1. The van der Waals surface area contributed by atoms with Crippen molar-refractivity contribution in [2.24, 2.45) is 11.3 Å². The molecule has 2 aliphatic rings. The maximum Gasteiger partial charge on any atom is 0.276 e. The minimum absolute atomic E-state index is 0.0381. The minimum atomic E-state index is -0.0454. The van der Waals surface area contributed by atoms with Gasteiger partial charge in [0.15, 0.2) is 12.1 Å². The van der Waals surface area contributed by atoms with E-state index in [2.05, 4.69) is 18.8 Å². The summed E-state index contributed by atoms with van der Waals surface area (Å²) in [6, 6.07) is 0. The van der Waals surface area contributed by atoms with Crippen molar-refractivity contribution in [3.8, 4) is 0 Å². The molecule has 0 aliphatic carbocycles. The fourth-order valence-electron chi connectivity index (χ4n) is 4.09. The number of aryl methyl sites for hydroxylation is 1. The Morgan fingerprint density at radius 3 is 2.84 bits per heavy atom. The largest absolute Gasteiger partial charge is 0.448 e. The molecule has 2 aliphatic heterocycles. The molecule has 1 spiro atoms. The first-order chi connectivity index (χ1) is 11.9. The summed E-state index contributed by atoms with van der Waals surface area (Å²) in [6.07, 6.45) is 5.90. The maximum absolute atomic E-state index is 12.8. The Labute approximate surface area is 149 Å². The van der Waals surface area contributed by atoms with Crippen LogP contribution in [0.25, 0.3) is 0 Å². The molecule has 0 N–H and O–H groups in total. The van der Waals surface area contributed by atoms with Gasteiger partial charge >= 0.3 is 0 Å². The highest BCUT2D eigenvalue weighted by Crippen LogP contribution is 2.39. The van der Waals surface area contributed by atoms with E-state index in [9.17, 15) is 9.59 Å². The summed E-state index contributed by atoms with van der Waals surface area (Å²) >= 11 is 0. The van der Waals surface area contributed by atoms with E-state index in [-0.39, 0.29) is 17.2 Å². The molecule has 2 fully saturated rings. The van der Waals surface area contributed by atoms with Crippen molar-refractivity contribution in [1.29, 1.82) is 0 Å². The predicted molar refractivity (Wildman–Crippen MR) is 94.1 cm³/mol. The summed E-state index contributed by atoms with van der Waals surface area (Å²) in [6.45, 7) is 9.22. The third-order valence-electron chi connectivity index (χ3n) is 5.62. The number of rotatable bonds is 4. The Kier molecular flexibility index (Phi) is 5.16. The van der Waals surface area contributed by atoms with Crippen molar-refractivity contribution in [3.63, 3.8) is 0 Å². The summed E-state index contributed by atoms with van der Waals surface area (Å²) in [5, 5.41) is 0. The number of amides is 2. The number of oxazole rings is 1. The van der Waals surface area contributed by atoms with E-state index in [1.807, 2.05) is 9.80 Å². The van der Waals surface area contributed by atoms with E-state index in [1.165, 1.54) is 6.39 Å². The van der Waals surface area contributed by atoms with Gasteiger partial charge < -0.3 is 14.2 Å². The smallest absolute Gasteiger partial charge is 0.276 e. The van der Waals surface area contributed by atoms with Crippen LogP contribution in [0.5, 0.6) is 0 Å². The summed E-state index contributed by atoms with van der Waals surface area (Å²) < 4.78 is 5.19. The normalized spacial score (nSPS) is 24.4. The highest BCUT2D eigenvalue weighted by molar-refractivity contribution is 5.93. The van der Waals surface area contributed by atoms with Crippen LogP contribution in [0.15, 0.2) is 10.8 Å². The van der Waals surface area contributed by atoms with Gasteiger partial charge in [0.05, 0.1) is 0 Å². The van der Waals surface area contributed by atoms with Crippen molar-refractivity contribution in [1.82, 2.24) is 14.8 Å². The van der Waals surface area contributed by atoms with E-state index in [4.69, 9.17) is 4.42 Å². The van der Waals surface area contributed by atoms with Crippen molar-refractivity contribution in [2.75, 3.05) is 26.2 Å². The lowest BCUT2D eigenvalue weighted by atomic mass is 9.73. The van der Waals surface area contributed by atoms with Gasteiger partial charge in [0.1, 0.15) is 5.76 Å². The molecule has 1 aromatic rings. The van der Waals surface area contributed by atoms with Crippen LogP contribution in [0.3, 0.4) is 0 Å². The van der Waals surface area contributed by atoms with Crippen LogP contribution in [-0.2, 0) is 4.79 Å². The summed E-state index contributed by atoms with van der Waals surface area (Å²) in [7, 11) is 0. The number of carbonyl (C=O) groups excluding carboxylic acids is 2. The standard InChI is InChI=1S/C19H29N3O3/c1-14(2)6-10-21-11-19(8-5-16(21)23)7-4-9-22(12-19)18(24)17-15(3)25-13-20-17/h13-14H,4-12H2,1-3H3. The average molecular weight is 347 g/mol. The molecular formula is C19H29N3O3. The van der Waals surface area contributed by atoms with E-state index < -0.39 is 0 Å². The number of aromatic nitrogens is 1. The first-order valence-electron chi connectivity index (χ1n) is 9.37. The molecular weight excluding hydrogens is 318 g/mol. The van der Waals surface area contributed by atoms with Gasteiger partial charge in [-0.05, 0) is 38.5 Å².